The fourth-order valence-electron chi connectivity index (χ4n) is 4.81. The molecule has 2 aromatic carbocycles. The van der Waals surface area contributed by atoms with Gasteiger partial charge in [0.25, 0.3) is 5.91 Å². The van der Waals surface area contributed by atoms with Crippen LogP contribution in [0.15, 0.2) is 61.1 Å². The summed E-state index contributed by atoms with van der Waals surface area (Å²) in [5.74, 6) is 0.904. The summed E-state index contributed by atoms with van der Waals surface area (Å²) in [4.78, 5) is 41.1. The Morgan fingerprint density at radius 2 is 1.69 bits per heavy atom. The molecule has 32 heavy (non-hydrogen) atoms. The highest BCUT2D eigenvalue weighted by atomic mass is 16.2. The number of hydrogen-bond acceptors (Lipinski definition) is 5. The minimum atomic E-state index is -0.134. The summed E-state index contributed by atoms with van der Waals surface area (Å²) in [5, 5.41) is 2.03. The summed E-state index contributed by atoms with van der Waals surface area (Å²) in [7, 11) is 0. The van der Waals surface area contributed by atoms with Crippen molar-refractivity contribution in [1.82, 2.24) is 19.8 Å². The highest BCUT2D eigenvalue weighted by Crippen LogP contribution is 2.25. The average molecular weight is 430 g/mol. The van der Waals surface area contributed by atoms with Crippen molar-refractivity contribution in [2.45, 2.75) is 12.8 Å². The third-order valence-corrected chi connectivity index (χ3v) is 6.54. The molecule has 1 atom stereocenters. The lowest BCUT2D eigenvalue weighted by atomic mass is 9.95. The Morgan fingerprint density at radius 1 is 0.875 bits per heavy atom. The molecule has 0 bridgehead atoms. The van der Waals surface area contributed by atoms with Crippen molar-refractivity contribution in [3.63, 3.8) is 0 Å². The molecule has 0 N–H and O–H groups in total. The molecule has 2 aliphatic heterocycles. The normalized spacial score (nSPS) is 19.2. The molecule has 0 saturated carbocycles. The summed E-state index contributed by atoms with van der Waals surface area (Å²) in [6.45, 7) is 4.02. The van der Waals surface area contributed by atoms with Crippen LogP contribution in [0.3, 0.4) is 0 Å². The molecule has 1 aromatic heterocycles. The van der Waals surface area contributed by atoms with E-state index in [1.807, 2.05) is 52.3 Å². The van der Waals surface area contributed by atoms with Gasteiger partial charge >= 0.3 is 0 Å². The van der Waals surface area contributed by atoms with E-state index < -0.39 is 0 Å². The molecule has 2 fully saturated rings. The molecule has 2 amide bonds. The molecule has 164 valence electrons. The maximum Gasteiger partial charge on any atom is 0.254 e. The fraction of sp³-hybridized carbons (Fsp3) is 0.360. The first-order valence-corrected chi connectivity index (χ1v) is 11.3. The third-order valence-electron chi connectivity index (χ3n) is 6.54. The fourth-order valence-corrected chi connectivity index (χ4v) is 4.81. The van der Waals surface area contributed by atoms with Crippen LogP contribution in [0, 0.1) is 5.92 Å². The highest BCUT2D eigenvalue weighted by molar-refractivity contribution is 6.07. The Hall–Kier alpha value is -3.48. The molecule has 0 aliphatic carbocycles. The maximum absolute atomic E-state index is 13.3. The van der Waals surface area contributed by atoms with E-state index in [-0.39, 0.29) is 17.7 Å². The van der Waals surface area contributed by atoms with Gasteiger partial charge in [-0.05, 0) is 29.7 Å². The number of amides is 2. The van der Waals surface area contributed by atoms with Crippen LogP contribution in [0.25, 0.3) is 10.8 Å². The molecule has 3 heterocycles. The van der Waals surface area contributed by atoms with Crippen molar-refractivity contribution < 1.29 is 9.59 Å². The van der Waals surface area contributed by atoms with Crippen LogP contribution in [0.4, 0.5) is 5.82 Å². The molecule has 0 unspecified atom stereocenters. The third kappa shape index (κ3) is 4.02. The second-order valence-corrected chi connectivity index (χ2v) is 8.49. The Bertz CT molecular complexity index is 1110. The number of likely N-dealkylation sites (tertiary alicyclic amines) is 1. The topological polar surface area (TPSA) is 69.6 Å². The average Bonchev–Trinajstić information content (AvgIpc) is 2.88. The molecule has 5 rings (SSSR count). The van der Waals surface area contributed by atoms with Gasteiger partial charge in [0.2, 0.25) is 5.91 Å². The number of piperidine rings is 1. The first-order chi connectivity index (χ1) is 15.7. The number of piperazine rings is 1. The van der Waals surface area contributed by atoms with Gasteiger partial charge in [-0.1, -0.05) is 36.4 Å². The first kappa shape index (κ1) is 20.4. The van der Waals surface area contributed by atoms with E-state index in [4.69, 9.17) is 0 Å². The van der Waals surface area contributed by atoms with Crippen molar-refractivity contribution in [3.05, 3.63) is 66.6 Å². The Labute approximate surface area is 187 Å². The zero-order valence-electron chi connectivity index (χ0n) is 18.1. The van der Waals surface area contributed by atoms with Crippen LogP contribution >= 0.6 is 0 Å². The summed E-state index contributed by atoms with van der Waals surface area (Å²) in [6.07, 6.45) is 6.80. The van der Waals surface area contributed by atoms with Gasteiger partial charge in [0.1, 0.15) is 5.82 Å². The maximum atomic E-state index is 13.3. The Kier molecular flexibility index (Phi) is 5.71. The van der Waals surface area contributed by atoms with Crippen LogP contribution in [-0.2, 0) is 4.79 Å². The van der Waals surface area contributed by atoms with Crippen molar-refractivity contribution >= 4 is 28.4 Å². The minimum absolute atomic E-state index is 0.0202. The van der Waals surface area contributed by atoms with E-state index in [0.717, 1.165) is 42.5 Å². The minimum Gasteiger partial charge on any atom is -0.352 e. The predicted octanol–water partition coefficient (Wildman–Crippen LogP) is 2.83. The molecule has 3 aromatic rings. The van der Waals surface area contributed by atoms with Crippen molar-refractivity contribution in [1.29, 1.82) is 0 Å². The lowest BCUT2D eigenvalue weighted by Crippen LogP contribution is -2.53. The molecule has 7 heteroatoms. The monoisotopic (exact) mass is 429 g/mol. The summed E-state index contributed by atoms with van der Waals surface area (Å²) in [5.41, 5.74) is 0.716. The predicted molar refractivity (Wildman–Crippen MR) is 123 cm³/mol. The number of hydrogen-bond donors (Lipinski definition) is 0. The molecular weight excluding hydrogens is 402 g/mol. The molecule has 0 radical (unpaired) electrons. The molecule has 2 aliphatic rings. The molecule has 0 spiro atoms. The summed E-state index contributed by atoms with van der Waals surface area (Å²) >= 11 is 0. The largest absolute Gasteiger partial charge is 0.352 e. The van der Waals surface area contributed by atoms with Gasteiger partial charge in [0, 0.05) is 57.2 Å². The summed E-state index contributed by atoms with van der Waals surface area (Å²) in [6, 6.07) is 13.8. The highest BCUT2D eigenvalue weighted by Gasteiger charge is 2.33. The second kappa shape index (κ2) is 8.94. The number of fused-ring (bicyclic) bond motifs is 1. The molecule has 7 nitrogen and oxygen atoms in total. The van der Waals surface area contributed by atoms with Gasteiger partial charge in [-0.25, -0.2) is 4.98 Å². The van der Waals surface area contributed by atoms with E-state index in [0.29, 0.717) is 31.7 Å². The quantitative estimate of drug-likeness (QED) is 0.640. The number of anilines is 1. The number of nitrogens with zero attached hydrogens (tertiary/aromatic N) is 5. The zero-order chi connectivity index (χ0) is 21.9. The SMILES string of the molecule is O=C(c1cccc2ccccc12)N1CCC[C@@H](C(=O)N2CCN(c3cnccn3)CC2)C1. The van der Waals surface area contributed by atoms with Gasteiger partial charge in [-0.15, -0.1) is 0 Å². The van der Waals surface area contributed by atoms with Gasteiger partial charge < -0.3 is 14.7 Å². The molecular formula is C25H27N5O2. The van der Waals surface area contributed by atoms with Crippen molar-refractivity contribution in [3.8, 4) is 0 Å². The second-order valence-electron chi connectivity index (χ2n) is 8.49. The van der Waals surface area contributed by atoms with Gasteiger partial charge in [0.15, 0.2) is 0 Å². The number of aromatic nitrogens is 2. The van der Waals surface area contributed by atoms with Crippen LogP contribution in [-0.4, -0.2) is 70.9 Å². The lowest BCUT2D eigenvalue weighted by molar-refractivity contribution is -0.137. The van der Waals surface area contributed by atoms with Crippen molar-refractivity contribution in [2.75, 3.05) is 44.2 Å². The van der Waals surface area contributed by atoms with Gasteiger partial charge in [-0.3, -0.25) is 14.6 Å². The number of carbonyl (C=O) groups is 2. The summed E-state index contributed by atoms with van der Waals surface area (Å²) < 4.78 is 0. The van der Waals surface area contributed by atoms with Crippen LogP contribution in [0.5, 0.6) is 0 Å². The number of rotatable bonds is 3. The first-order valence-electron chi connectivity index (χ1n) is 11.3. The van der Waals surface area contributed by atoms with Crippen molar-refractivity contribution in [2.24, 2.45) is 5.92 Å². The van der Waals surface area contributed by atoms with E-state index in [9.17, 15) is 9.59 Å². The van der Waals surface area contributed by atoms with E-state index in [2.05, 4.69) is 14.9 Å². The van der Waals surface area contributed by atoms with E-state index >= 15 is 0 Å². The van der Waals surface area contributed by atoms with E-state index in [1.165, 1.54) is 0 Å². The molecule has 2 saturated heterocycles. The van der Waals surface area contributed by atoms with Crippen LogP contribution in [0.1, 0.15) is 23.2 Å². The standard InChI is InChI=1S/C25H27N5O2/c31-24(29-15-13-28(14-16-29)23-17-26-10-11-27-23)20-7-4-12-30(18-20)25(32)22-9-3-6-19-5-1-2-8-21(19)22/h1-3,5-6,8-11,17,20H,4,7,12-16,18H2/t20-/m1/s1. The smallest absolute Gasteiger partial charge is 0.254 e. The lowest BCUT2D eigenvalue weighted by Gasteiger charge is -2.39. The van der Waals surface area contributed by atoms with Crippen LogP contribution in [0.2, 0.25) is 0 Å². The zero-order valence-corrected chi connectivity index (χ0v) is 18.1. The van der Waals surface area contributed by atoms with E-state index in [1.54, 1.807) is 18.6 Å². The van der Waals surface area contributed by atoms with Gasteiger partial charge in [0.05, 0.1) is 12.1 Å². The Morgan fingerprint density at radius 3 is 2.50 bits per heavy atom. The van der Waals surface area contributed by atoms with Crippen LogP contribution < -0.4 is 4.90 Å². The van der Waals surface area contributed by atoms with Gasteiger partial charge in [-0.2, -0.15) is 0 Å². The Balaban J connectivity index is 1.24. The number of carbonyl (C=O) groups excluding carboxylic acids is 2. The number of benzene rings is 2.